The van der Waals surface area contributed by atoms with Crippen LogP contribution in [0.15, 0.2) is 77.6 Å². The van der Waals surface area contributed by atoms with E-state index < -0.39 is 36.2 Å². The van der Waals surface area contributed by atoms with Crippen LogP contribution in [0.25, 0.3) is 22.0 Å². The van der Waals surface area contributed by atoms with Gasteiger partial charge >= 0.3 is 18.2 Å². The predicted octanol–water partition coefficient (Wildman–Crippen LogP) is 6.91. The van der Waals surface area contributed by atoms with E-state index in [-0.39, 0.29) is 29.9 Å². The number of nitrogens with two attached hydrogens (primary N) is 1. The van der Waals surface area contributed by atoms with Crippen LogP contribution in [-0.2, 0) is 26.2 Å². The van der Waals surface area contributed by atoms with Gasteiger partial charge in [0.2, 0.25) is 11.8 Å². The molecular formula is C43H50F3N5O7. The summed E-state index contributed by atoms with van der Waals surface area (Å²) in [5, 5.41) is 16.8. The summed E-state index contributed by atoms with van der Waals surface area (Å²) in [5.74, 6) is -3.38. The van der Waals surface area contributed by atoms with Gasteiger partial charge in [0.25, 0.3) is 5.56 Å². The summed E-state index contributed by atoms with van der Waals surface area (Å²) < 4.78 is 39.1. The Labute approximate surface area is 334 Å². The number of carbonyl (C=O) groups is 4. The topological polar surface area (TPSA) is 182 Å². The minimum Gasteiger partial charge on any atom is -0.475 e. The van der Waals surface area contributed by atoms with E-state index in [2.05, 4.69) is 40.2 Å². The van der Waals surface area contributed by atoms with E-state index in [1.54, 1.807) is 29.8 Å². The van der Waals surface area contributed by atoms with Gasteiger partial charge in [-0.15, -0.1) is 0 Å². The van der Waals surface area contributed by atoms with Gasteiger partial charge in [0, 0.05) is 30.1 Å². The number of benzene rings is 3. The third-order valence-corrected chi connectivity index (χ3v) is 10.8. The molecule has 1 heterocycles. The highest BCUT2D eigenvalue weighted by atomic mass is 19.4. The van der Waals surface area contributed by atoms with Gasteiger partial charge in [-0.2, -0.15) is 13.2 Å². The average Bonchev–Trinajstić information content (AvgIpc) is 3.52. The van der Waals surface area contributed by atoms with E-state index in [4.69, 9.17) is 20.4 Å². The number of amides is 3. The summed E-state index contributed by atoms with van der Waals surface area (Å²) in [5.41, 5.74) is 12.2. The first-order chi connectivity index (χ1) is 27.7. The molecule has 3 aromatic carbocycles. The minimum absolute atomic E-state index is 0.106. The molecule has 310 valence electrons. The third-order valence-electron chi connectivity index (χ3n) is 10.8. The van der Waals surface area contributed by atoms with Gasteiger partial charge in [0.1, 0.15) is 18.7 Å². The van der Waals surface area contributed by atoms with Crippen molar-refractivity contribution in [1.29, 1.82) is 0 Å². The molecule has 1 aromatic heterocycles. The van der Waals surface area contributed by atoms with Crippen LogP contribution in [0.5, 0.6) is 0 Å². The summed E-state index contributed by atoms with van der Waals surface area (Å²) in [6, 6.07) is 21.6. The molecule has 1 fully saturated rings. The van der Waals surface area contributed by atoms with Crippen LogP contribution in [0, 0.1) is 12.8 Å². The average molecular weight is 806 g/mol. The number of aryl methyl sites for hydroxylation is 2. The largest absolute Gasteiger partial charge is 0.490 e. The number of carboxylic acids is 1. The molecule has 15 heteroatoms. The highest BCUT2D eigenvalue weighted by Crippen LogP contribution is 2.44. The zero-order valence-electron chi connectivity index (χ0n) is 32.6. The number of fused-ring (bicyclic) bond motifs is 4. The number of anilines is 1. The molecule has 58 heavy (non-hydrogen) atoms. The van der Waals surface area contributed by atoms with Crippen molar-refractivity contribution in [3.63, 3.8) is 0 Å². The van der Waals surface area contributed by atoms with Crippen LogP contribution in [0.2, 0.25) is 0 Å². The van der Waals surface area contributed by atoms with E-state index in [1.165, 1.54) is 6.42 Å². The maximum atomic E-state index is 14.0. The molecule has 0 unspecified atom stereocenters. The van der Waals surface area contributed by atoms with Crippen LogP contribution in [0.3, 0.4) is 0 Å². The normalized spacial score (nSPS) is 14.9. The van der Waals surface area contributed by atoms with Crippen molar-refractivity contribution < 1.29 is 42.2 Å². The van der Waals surface area contributed by atoms with Crippen molar-refractivity contribution in [2.75, 3.05) is 18.5 Å². The van der Waals surface area contributed by atoms with E-state index in [0.29, 0.717) is 43.4 Å². The highest BCUT2D eigenvalue weighted by molar-refractivity contribution is 5.99. The fraction of sp³-hybridized carbons (Fsp3) is 0.419. The van der Waals surface area contributed by atoms with Crippen molar-refractivity contribution >= 4 is 40.5 Å². The molecule has 0 saturated heterocycles. The van der Waals surface area contributed by atoms with Crippen molar-refractivity contribution in [1.82, 2.24) is 15.2 Å². The summed E-state index contributed by atoms with van der Waals surface area (Å²) in [6.07, 6.45) is 1.74. The molecular weight excluding hydrogens is 755 g/mol. The number of alkyl carbamates (subject to hydrolysis) is 1. The van der Waals surface area contributed by atoms with Crippen LogP contribution in [0.1, 0.15) is 80.4 Å². The highest BCUT2D eigenvalue weighted by Gasteiger charge is 2.38. The van der Waals surface area contributed by atoms with Gasteiger partial charge in [-0.3, -0.25) is 14.4 Å². The number of halogens is 3. The zero-order valence-corrected chi connectivity index (χ0v) is 32.6. The Kier molecular flexibility index (Phi) is 14.7. The van der Waals surface area contributed by atoms with E-state index >= 15 is 0 Å². The molecule has 6 rings (SSSR count). The fourth-order valence-corrected chi connectivity index (χ4v) is 7.73. The van der Waals surface area contributed by atoms with Crippen molar-refractivity contribution in [3.05, 3.63) is 99.8 Å². The lowest BCUT2D eigenvalue weighted by molar-refractivity contribution is -0.192. The number of unbranched alkanes of at least 4 members (excludes halogenated alkanes) is 1. The van der Waals surface area contributed by atoms with Crippen molar-refractivity contribution in [2.24, 2.45) is 18.7 Å². The van der Waals surface area contributed by atoms with Crippen molar-refractivity contribution in [3.8, 4) is 11.1 Å². The van der Waals surface area contributed by atoms with E-state index in [0.717, 1.165) is 58.9 Å². The Morgan fingerprint density at radius 1 is 0.879 bits per heavy atom. The maximum absolute atomic E-state index is 14.0. The summed E-state index contributed by atoms with van der Waals surface area (Å²) in [4.78, 5) is 62.5. The van der Waals surface area contributed by atoms with Crippen molar-refractivity contribution in [2.45, 2.75) is 88.9 Å². The number of hydrogen-bond acceptors (Lipinski definition) is 7. The van der Waals surface area contributed by atoms with E-state index in [9.17, 15) is 32.3 Å². The number of aromatic nitrogens is 1. The molecule has 1 saturated carbocycles. The minimum atomic E-state index is -5.08. The fourth-order valence-electron chi connectivity index (χ4n) is 7.73. The Morgan fingerprint density at radius 3 is 2.10 bits per heavy atom. The Bertz CT molecular complexity index is 2120. The molecule has 2 aliphatic carbocycles. The quantitative estimate of drug-likeness (QED) is 0.0904. The van der Waals surface area contributed by atoms with Gasteiger partial charge in [-0.25, -0.2) is 9.59 Å². The Hall–Kier alpha value is -5.70. The molecule has 0 spiro atoms. The summed E-state index contributed by atoms with van der Waals surface area (Å²) in [7, 11) is 1.70. The van der Waals surface area contributed by atoms with Crippen LogP contribution >= 0.6 is 0 Å². The second-order valence-electron chi connectivity index (χ2n) is 14.9. The molecule has 2 atom stereocenters. The molecule has 0 aliphatic heterocycles. The Balaban J connectivity index is 0.000000839. The predicted molar refractivity (Wildman–Crippen MR) is 214 cm³/mol. The number of rotatable bonds is 13. The number of nitrogens with one attached hydrogen (secondary N) is 3. The van der Waals surface area contributed by atoms with Crippen LogP contribution in [-0.4, -0.2) is 65.0 Å². The number of alkyl halides is 3. The number of carboxylic acid groups (broad SMARTS) is 1. The molecule has 4 aromatic rings. The first-order valence-corrected chi connectivity index (χ1v) is 19.5. The number of pyridine rings is 1. The summed E-state index contributed by atoms with van der Waals surface area (Å²) in [6.45, 7) is 2.48. The Morgan fingerprint density at radius 2 is 1.50 bits per heavy atom. The van der Waals surface area contributed by atoms with Crippen LogP contribution < -0.4 is 27.2 Å². The number of nitrogens with zero attached hydrogens (tertiary/aromatic N) is 1. The van der Waals surface area contributed by atoms with Gasteiger partial charge in [0.15, 0.2) is 0 Å². The molecule has 0 radical (unpaired) electrons. The van der Waals surface area contributed by atoms with Crippen LogP contribution in [0.4, 0.5) is 23.7 Å². The number of aliphatic carboxylic acids is 1. The number of ether oxygens (including phenoxy) is 1. The SMILES string of the molecule is Cc1cc(=O)n(C)c2cc(NC(=O)[C@H](CCCCN)NC(=O)[C@@H](CC3CCCCC3)NC(=O)OCC3c4ccccc4-c4ccccc43)ccc12.O=C(O)C(F)(F)F. The second-order valence-corrected chi connectivity index (χ2v) is 14.9. The molecule has 0 bridgehead atoms. The molecule has 2 aliphatic rings. The van der Waals surface area contributed by atoms with E-state index in [1.807, 2.05) is 37.3 Å². The van der Waals surface area contributed by atoms with Gasteiger partial charge < -0.3 is 36.1 Å². The lowest BCUT2D eigenvalue weighted by Crippen LogP contribution is -2.53. The number of carbonyl (C=O) groups excluding carboxylic acids is 3. The maximum Gasteiger partial charge on any atom is 0.490 e. The van der Waals surface area contributed by atoms with Gasteiger partial charge in [-0.05, 0) is 85.0 Å². The third kappa shape index (κ3) is 11.0. The monoisotopic (exact) mass is 805 g/mol. The number of hydrogen-bond donors (Lipinski definition) is 5. The smallest absolute Gasteiger partial charge is 0.475 e. The summed E-state index contributed by atoms with van der Waals surface area (Å²) >= 11 is 0. The second kappa shape index (κ2) is 19.6. The molecule has 3 amide bonds. The van der Waals surface area contributed by atoms with Gasteiger partial charge in [0.05, 0.1) is 5.52 Å². The standard InChI is InChI=1S/C41H49N5O5.C2HF3O2/c1-26-22-38(47)46(2)37-24-28(19-20-29(26)37)43-39(48)35(18-10-11-21-42)44-40(49)36(23-27-12-4-3-5-13-27)45-41(50)51-25-34-32-16-8-6-14-30(32)31-15-7-9-17-33(31)34;3-2(4,5)1(6)7/h6-9,14-17,19-20,22,24,27,34-36H,3-5,10-13,18,21,23,25,42H2,1-2H3,(H,43,48)(H,44,49)(H,45,50);(H,6,7)/t35-,36+;/m0./s1. The first-order valence-electron chi connectivity index (χ1n) is 19.5. The lowest BCUT2D eigenvalue weighted by atomic mass is 9.84. The first kappa shape index (κ1) is 43.4. The molecule has 6 N–H and O–H groups in total. The lowest BCUT2D eigenvalue weighted by Gasteiger charge is -2.28. The van der Waals surface area contributed by atoms with Gasteiger partial charge in [-0.1, -0.05) is 86.7 Å². The zero-order chi connectivity index (χ0) is 42.0. The molecule has 12 nitrogen and oxygen atoms in total.